The molecule has 0 fully saturated rings. The molecule has 1 unspecified atom stereocenters. The first-order valence-electron chi connectivity index (χ1n) is 6.50. The van der Waals surface area contributed by atoms with Crippen LogP contribution in [-0.4, -0.2) is 23.3 Å². The summed E-state index contributed by atoms with van der Waals surface area (Å²) in [4.78, 5) is 28.0. The number of ketones is 1. The molecular weight excluding hydrogens is 308 g/mol. The van der Waals surface area contributed by atoms with Gasteiger partial charge in [0.1, 0.15) is 4.88 Å². The Hall–Kier alpha value is -1.73. The minimum Gasteiger partial charge on any atom is -0.461 e. The summed E-state index contributed by atoms with van der Waals surface area (Å²) in [7, 11) is 0. The first-order chi connectivity index (χ1) is 10.0. The number of Topliss-reactive ketones (excluding diaryl/α,β-unsaturated/α-hetero) is 1. The minimum atomic E-state index is -0.560. The molecule has 0 aliphatic carbocycles. The molecule has 112 valence electrons. The van der Waals surface area contributed by atoms with Crippen LogP contribution in [0, 0.1) is 0 Å². The standard InChI is InChI=1S/C14H16N2O3S2/c1-4-19-13(18)11-12(9(3)17)21-14(16-11)15-8(2)10-5-6-20-7-10/h5-8H,4H2,1-3H3,(H,15,16). The van der Waals surface area contributed by atoms with E-state index in [4.69, 9.17) is 4.74 Å². The van der Waals surface area contributed by atoms with Crippen molar-refractivity contribution in [1.29, 1.82) is 0 Å². The lowest BCUT2D eigenvalue weighted by molar-refractivity contribution is 0.0517. The number of nitrogens with zero attached hydrogens (tertiary/aromatic N) is 1. The van der Waals surface area contributed by atoms with Crippen molar-refractivity contribution in [2.75, 3.05) is 11.9 Å². The Morgan fingerprint density at radius 2 is 2.24 bits per heavy atom. The summed E-state index contributed by atoms with van der Waals surface area (Å²) in [5.41, 5.74) is 1.23. The maximum Gasteiger partial charge on any atom is 0.358 e. The van der Waals surface area contributed by atoms with Gasteiger partial charge in [-0.25, -0.2) is 9.78 Å². The molecular formula is C14H16N2O3S2. The van der Waals surface area contributed by atoms with Gasteiger partial charge in [0.05, 0.1) is 12.6 Å². The van der Waals surface area contributed by atoms with Gasteiger partial charge in [-0.15, -0.1) is 0 Å². The molecule has 0 spiro atoms. The van der Waals surface area contributed by atoms with Gasteiger partial charge in [0, 0.05) is 6.92 Å². The third-order valence-electron chi connectivity index (χ3n) is 2.80. The highest BCUT2D eigenvalue weighted by atomic mass is 32.1. The van der Waals surface area contributed by atoms with E-state index in [1.165, 1.54) is 18.3 Å². The number of anilines is 1. The van der Waals surface area contributed by atoms with Crippen LogP contribution in [0.2, 0.25) is 0 Å². The van der Waals surface area contributed by atoms with E-state index in [2.05, 4.69) is 10.3 Å². The van der Waals surface area contributed by atoms with Crippen LogP contribution in [0.1, 0.15) is 52.5 Å². The maximum atomic E-state index is 11.8. The fraction of sp³-hybridized carbons (Fsp3) is 0.357. The smallest absolute Gasteiger partial charge is 0.358 e. The molecule has 0 aliphatic rings. The van der Waals surface area contributed by atoms with Gasteiger partial charge >= 0.3 is 5.97 Å². The average molecular weight is 324 g/mol. The van der Waals surface area contributed by atoms with Crippen molar-refractivity contribution in [3.63, 3.8) is 0 Å². The molecule has 0 aromatic carbocycles. The Morgan fingerprint density at radius 3 is 2.81 bits per heavy atom. The van der Waals surface area contributed by atoms with Crippen LogP contribution in [0.25, 0.3) is 0 Å². The Kier molecular flexibility index (Phi) is 5.08. The van der Waals surface area contributed by atoms with Gasteiger partial charge in [-0.05, 0) is 36.2 Å². The minimum absolute atomic E-state index is 0.0530. The Morgan fingerprint density at radius 1 is 1.48 bits per heavy atom. The lowest BCUT2D eigenvalue weighted by atomic mass is 10.2. The van der Waals surface area contributed by atoms with E-state index >= 15 is 0 Å². The van der Waals surface area contributed by atoms with Gasteiger partial charge in [-0.2, -0.15) is 11.3 Å². The van der Waals surface area contributed by atoms with Crippen molar-refractivity contribution in [3.05, 3.63) is 33.0 Å². The van der Waals surface area contributed by atoms with Gasteiger partial charge in [0.25, 0.3) is 0 Å². The zero-order valence-corrected chi connectivity index (χ0v) is 13.6. The summed E-state index contributed by atoms with van der Waals surface area (Å²) in [6, 6.07) is 2.07. The van der Waals surface area contributed by atoms with Gasteiger partial charge in [-0.3, -0.25) is 4.79 Å². The molecule has 0 aliphatic heterocycles. The predicted octanol–water partition coefficient (Wildman–Crippen LogP) is 3.76. The number of carbonyl (C=O) groups is 2. The topological polar surface area (TPSA) is 68.3 Å². The zero-order valence-electron chi connectivity index (χ0n) is 12.0. The van der Waals surface area contributed by atoms with Crippen molar-refractivity contribution in [1.82, 2.24) is 4.98 Å². The van der Waals surface area contributed by atoms with E-state index in [0.29, 0.717) is 10.0 Å². The van der Waals surface area contributed by atoms with Gasteiger partial charge in [-0.1, -0.05) is 11.3 Å². The second-order valence-corrected chi connectivity index (χ2v) is 6.18. The number of esters is 1. The van der Waals surface area contributed by atoms with Crippen LogP contribution in [0.15, 0.2) is 16.8 Å². The van der Waals surface area contributed by atoms with Crippen LogP contribution in [0.5, 0.6) is 0 Å². The van der Waals surface area contributed by atoms with Crippen molar-refractivity contribution in [2.24, 2.45) is 0 Å². The third kappa shape index (κ3) is 3.68. The number of thiazole rings is 1. The first kappa shape index (κ1) is 15.7. The van der Waals surface area contributed by atoms with Gasteiger partial charge in [0.2, 0.25) is 0 Å². The molecule has 2 rings (SSSR count). The van der Waals surface area contributed by atoms with E-state index in [1.54, 1.807) is 18.3 Å². The second-order valence-electron chi connectivity index (χ2n) is 4.40. The quantitative estimate of drug-likeness (QED) is 0.647. The molecule has 2 heterocycles. The summed E-state index contributed by atoms with van der Waals surface area (Å²) >= 11 is 2.80. The van der Waals surface area contributed by atoms with Crippen LogP contribution in [0.4, 0.5) is 5.13 Å². The third-order valence-corrected chi connectivity index (χ3v) is 4.59. The lowest BCUT2D eigenvalue weighted by Gasteiger charge is -2.10. The number of ether oxygens (including phenoxy) is 1. The molecule has 0 saturated carbocycles. The van der Waals surface area contributed by atoms with Gasteiger partial charge in [0.15, 0.2) is 16.6 Å². The Balaban J connectivity index is 2.23. The number of hydrogen-bond acceptors (Lipinski definition) is 7. The van der Waals surface area contributed by atoms with E-state index in [0.717, 1.165) is 5.56 Å². The Bertz CT molecular complexity index is 635. The van der Waals surface area contributed by atoms with Crippen LogP contribution < -0.4 is 5.32 Å². The van der Waals surface area contributed by atoms with Crippen molar-refractivity contribution in [3.8, 4) is 0 Å². The number of thiophene rings is 1. The normalized spacial score (nSPS) is 12.0. The highest BCUT2D eigenvalue weighted by Gasteiger charge is 2.23. The monoisotopic (exact) mass is 324 g/mol. The predicted molar refractivity (Wildman–Crippen MR) is 84.4 cm³/mol. The molecule has 21 heavy (non-hydrogen) atoms. The summed E-state index contributed by atoms with van der Waals surface area (Å²) in [6.45, 7) is 5.39. The van der Waals surface area contributed by atoms with E-state index < -0.39 is 5.97 Å². The molecule has 7 heteroatoms. The van der Waals surface area contributed by atoms with E-state index in [9.17, 15) is 9.59 Å². The van der Waals surface area contributed by atoms with Crippen molar-refractivity contribution < 1.29 is 14.3 Å². The van der Waals surface area contributed by atoms with Crippen LogP contribution >= 0.6 is 22.7 Å². The number of hydrogen-bond donors (Lipinski definition) is 1. The average Bonchev–Trinajstić information content (AvgIpc) is 3.07. The van der Waals surface area contributed by atoms with Crippen LogP contribution in [-0.2, 0) is 4.74 Å². The van der Waals surface area contributed by atoms with E-state index in [1.807, 2.05) is 23.8 Å². The van der Waals surface area contributed by atoms with Gasteiger partial charge < -0.3 is 10.1 Å². The highest BCUT2D eigenvalue weighted by molar-refractivity contribution is 7.17. The molecule has 5 nitrogen and oxygen atoms in total. The molecule has 0 amide bonds. The zero-order chi connectivity index (χ0) is 15.4. The molecule has 0 bridgehead atoms. The number of carbonyl (C=O) groups excluding carboxylic acids is 2. The molecule has 1 atom stereocenters. The first-order valence-corrected chi connectivity index (χ1v) is 8.26. The molecule has 2 aromatic rings. The largest absolute Gasteiger partial charge is 0.461 e. The molecule has 0 radical (unpaired) electrons. The lowest BCUT2D eigenvalue weighted by Crippen LogP contribution is -2.10. The fourth-order valence-corrected chi connectivity index (χ4v) is 3.44. The number of nitrogens with one attached hydrogen (secondary N) is 1. The second kappa shape index (κ2) is 6.82. The highest BCUT2D eigenvalue weighted by Crippen LogP contribution is 2.28. The Labute approximate surface area is 131 Å². The maximum absolute atomic E-state index is 11.8. The summed E-state index contributed by atoms with van der Waals surface area (Å²) in [5, 5.41) is 7.80. The van der Waals surface area contributed by atoms with Crippen molar-refractivity contribution in [2.45, 2.75) is 26.8 Å². The molecule has 0 saturated heterocycles. The van der Waals surface area contributed by atoms with Crippen molar-refractivity contribution >= 4 is 39.6 Å². The summed E-state index contributed by atoms with van der Waals surface area (Å²) < 4.78 is 4.94. The fourth-order valence-electron chi connectivity index (χ4n) is 1.75. The SMILES string of the molecule is CCOC(=O)c1nc(NC(C)c2ccsc2)sc1C(C)=O. The summed E-state index contributed by atoms with van der Waals surface area (Å²) in [5.74, 6) is -0.748. The van der Waals surface area contributed by atoms with Crippen LogP contribution in [0.3, 0.4) is 0 Å². The number of rotatable bonds is 6. The molecule has 1 N–H and O–H groups in total. The number of aromatic nitrogens is 1. The van der Waals surface area contributed by atoms with E-state index in [-0.39, 0.29) is 24.1 Å². The summed E-state index contributed by atoms with van der Waals surface area (Å²) in [6.07, 6.45) is 0. The molecule has 2 aromatic heterocycles.